The summed E-state index contributed by atoms with van der Waals surface area (Å²) in [6, 6.07) is 0. The molecule has 0 aromatic heterocycles. The summed E-state index contributed by atoms with van der Waals surface area (Å²) in [6.45, 7) is 2.20. The first-order valence-electron chi connectivity index (χ1n) is 5.71. The van der Waals surface area contributed by atoms with Crippen LogP contribution in [0.25, 0.3) is 0 Å². The Morgan fingerprint density at radius 3 is 1.80 bits per heavy atom. The van der Waals surface area contributed by atoms with Gasteiger partial charge in [0.2, 0.25) is 0 Å². The van der Waals surface area contributed by atoms with Crippen molar-refractivity contribution in [2.45, 2.75) is 44.1 Å². The maximum absolute atomic E-state index is 6.33. The Labute approximate surface area is 98.0 Å². The van der Waals surface area contributed by atoms with Crippen molar-refractivity contribution < 1.29 is 0 Å². The minimum Gasteiger partial charge on any atom is -0.330 e. The summed E-state index contributed by atoms with van der Waals surface area (Å²) in [5, 5.41) is 0. The molecule has 0 aliphatic heterocycles. The van der Waals surface area contributed by atoms with E-state index in [1.54, 1.807) is 0 Å². The van der Waals surface area contributed by atoms with E-state index in [1.807, 2.05) is 0 Å². The SMILES string of the molecule is NCCCC(N)(CCCN)CCCNCl. The van der Waals surface area contributed by atoms with Gasteiger partial charge in [-0.1, -0.05) is 0 Å². The number of nitrogens with two attached hydrogens (primary N) is 3. The molecule has 7 N–H and O–H groups in total. The summed E-state index contributed by atoms with van der Waals surface area (Å²) in [4.78, 5) is 2.62. The van der Waals surface area contributed by atoms with Crippen LogP contribution in [0.4, 0.5) is 0 Å². The largest absolute Gasteiger partial charge is 0.330 e. The molecule has 15 heavy (non-hydrogen) atoms. The highest BCUT2D eigenvalue weighted by Gasteiger charge is 2.22. The van der Waals surface area contributed by atoms with Crippen LogP contribution in [0.1, 0.15) is 38.5 Å². The molecule has 5 heteroatoms. The lowest BCUT2D eigenvalue weighted by Crippen LogP contribution is -2.41. The van der Waals surface area contributed by atoms with E-state index in [1.165, 1.54) is 0 Å². The Morgan fingerprint density at radius 2 is 1.40 bits per heavy atom. The van der Waals surface area contributed by atoms with Gasteiger partial charge in [0.15, 0.2) is 0 Å². The summed E-state index contributed by atoms with van der Waals surface area (Å²) < 4.78 is 0. The van der Waals surface area contributed by atoms with Crippen LogP contribution in [-0.2, 0) is 0 Å². The van der Waals surface area contributed by atoms with Crippen molar-refractivity contribution in [2.24, 2.45) is 17.2 Å². The highest BCUT2D eigenvalue weighted by Crippen LogP contribution is 2.21. The zero-order chi connectivity index (χ0) is 11.6. The quantitative estimate of drug-likeness (QED) is 0.332. The van der Waals surface area contributed by atoms with E-state index < -0.39 is 0 Å². The summed E-state index contributed by atoms with van der Waals surface area (Å²) in [6.07, 6.45) is 5.89. The molecule has 0 heterocycles. The Balaban J connectivity index is 3.89. The van der Waals surface area contributed by atoms with E-state index in [9.17, 15) is 0 Å². The van der Waals surface area contributed by atoms with E-state index in [2.05, 4.69) is 4.84 Å². The summed E-state index contributed by atoms with van der Waals surface area (Å²) >= 11 is 5.41. The van der Waals surface area contributed by atoms with Crippen molar-refractivity contribution in [3.63, 3.8) is 0 Å². The first-order chi connectivity index (χ1) is 7.18. The molecule has 92 valence electrons. The maximum Gasteiger partial charge on any atom is 0.0155 e. The van der Waals surface area contributed by atoms with Crippen molar-refractivity contribution >= 4 is 11.8 Å². The third-order valence-corrected chi connectivity index (χ3v) is 2.89. The first-order valence-corrected chi connectivity index (χ1v) is 6.09. The van der Waals surface area contributed by atoms with Crippen molar-refractivity contribution in [3.8, 4) is 0 Å². The second kappa shape index (κ2) is 9.36. The van der Waals surface area contributed by atoms with Crippen LogP contribution in [0.3, 0.4) is 0 Å². The Morgan fingerprint density at radius 1 is 0.933 bits per heavy atom. The number of hydrogen-bond acceptors (Lipinski definition) is 4. The minimum atomic E-state index is -0.105. The predicted octanol–water partition coefficient (Wildman–Crippen LogP) is 0.685. The van der Waals surface area contributed by atoms with Gasteiger partial charge in [-0.25, -0.2) is 4.84 Å². The lowest BCUT2D eigenvalue weighted by atomic mass is 9.85. The van der Waals surface area contributed by atoms with Crippen LogP contribution in [0.5, 0.6) is 0 Å². The number of hydrogen-bond donors (Lipinski definition) is 4. The number of rotatable bonds is 10. The fourth-order valence-corrected chi connectivity index (χ4v) is 1.92. The third kappa shape index (κ3) is 7.99. The highest BCUT2D eigenvalue weighted by molar-refractivity contribution is 6.13. The van der Waals surface area contributed by atoms with Crippen LogP contribution in [0.15, 0.2) is 0 Å². The van der Waals surface area contributed by atoms with Crippen LogP contribution in [0.2, 0.25) is 0 Å². The molecule has 0 aliphatic carbocycles. The molecule has 0 saturated heterocycles. The highest BCUT2D eigenvalue weighted by atomic mass is 35.5. The number of nitrogens with one attached hydrogen (secondary N) is 1. The molecule has 0 fully saturated rings. The lowest BCUT2D eigenvalue weighted by molar-refractivity contribution is 0.320. The minimum absolute atomic E-state index is 0.105. The molecular formula is C10H25ClN4. The summed E-state index contributed by atoms with van der Waals surface area (Å²) in [5.41, 5.74) is 17.2. The monoisotopic (exact) mass is 236 g/mol. The van der Waals surface area contributed by atoms with Crippen LogP contribution in [-0.4, -0.2) is 25.2 Å². The standard InChI is InChI=1S/C10H25ClN4/c11-15-9-3-6-10(14,4-1-7-12)5-2-8-13/h15H,1-9,12-14H2. The fraction of sp³-hybridized carbons (Fsp3) is 1.00. The van der Waals surface area contributed by atoms with Crippen molar-refractivity contribution in [1.82, 2.24) is 4.84 Å². The van der Waals surface area contributed by atoms with Gasteiger partial charge in [-0.3, -0.25) is 0 Å². The Hall–Kier alpha value is 0.130. The van der Waals surface area contributed by atoms with Gasteiger partial charge in [-0.2, -0.15) is 0 Å². The second-order valence-corrected chi connectivity index (χ2v) is 4.40. The van der Waals surface area contributed by atoms with E-state index >= 15 is 0 Å². The lowest BCUT2D eigenvalue weighted by Gasteiger charge is -2.29. The average molecular weight is 237 g/mol. The van der Waals surface area contributed by atoms with Gasteiger partial charge in [0, 0.05) is 12.1 Å². The molecule has 0 radical (unpaired) electrons. The zero-order valence-electron chi connectivity index (χ0n) is 9.47. The van der Waals surface area contributed by atoms with E-state index in [0.717, 1.165) is 45.1 Å². The first kappa shape index (κ1) is 15.1. The normalized spacial score (nSPS) is 12.0. The average Bonchev–Trinajstić information content (AvgIpc) is 2.24. The molecule has 0 unspecified atom stereocenters. The molecule has 4 nitrogen and oxygen atoms in total. The summed E-state index contributed by atoms with van der Waals surface area (Å²) in [5.74, 6) is 0. The van der Waals surface area contributed by atoms with Crippen LogP contribution in [0, 0.1) is 0 Å². The van der Waals surface area contributed by atoms with Gasteiger partial charge in [-0.15, -0.1) is 0 Å². The van der Waals surface area contributed by atoms with Gasteiger partial charge in [0.05, 0.1) is 0 Å². The molecule has 0 rings (SSSR count). The van der Waals surface area contributed by atoms with Gasteiger partial charge >= 0.3 is 0 Å². The van der Waals surface area contributed by atoms with Crippen molar-refractivity contribution in [2.75, 3.05) is 19.6 Å². The van der Waals surface area contributed by atoms with E-state index in [-0.39, 0.29) is 5.54 Å². The molecule has 0 spiro atoms. The zero-order valence-corrected chi connectivity index (χ0v) is 10.2. The van der Waals surface area contributed by atoms with E-state index in [4.69, 9.17) is 29.0 Å². The van der Waals surface area contributed by atoms with Gasteiger partial charge in [0.1, 0.15) is 0 Å². The molecule has 0 aromatic rings. The Bertz CT molecular complexity index is 135. The summed E-state index contributed by atoms with van der Waals surface area (Å²) in [7, 11) is 0. The number of halogens is 1. The molecule has 0 aromatic carbocycles. The van der Waals surface area contributed by atoms with Crippen LogP contribution >= 0.6 is 11.8 Å². The molecular weight excluding hydrogens is 212 g/mol. The molecule has 0 atom stereocenters. The van der Waals surface area contributed by atoms with Gasteiger partial charge in [0.25, 0.3) is 0 Å². The molecule has 0 amide bonds. The Kier molecular flexibility index (Phi) is 9.44. The fourth-order valence-electron chi connectivity index (χ4n) is 1.79. The van der Waals surface area contributed by atoms with Gasteiger partial charge in [-0.05, 0) is 63.4 Å². The van der Waals surface area contributed by atoms with Gasteiger partial charge < -0.3 is 17.2 Å². The molecule has 0 bridgehead atoms. The van der Waals surface area contributed by atoms with Crippen molar-refractivity contribution in [3.05, 3.63) is 0 Å². The predicted molar refractivity (Wildman–Crippen MR) is 66.6 cm³/mol. The smallest absolute Gasteiger partial charge is 0.0155 e. The maximum atomic E-state index is 6.33. The molecule has 0 aliphatic rings. The second-order valence-electron chi connectivity index (χ2n) is 4.13. The van der Waals surface area contributed by atoms with E-state index in [0.29, 0.717) is 13.1 Å². The molecule has 0 saturated carbocycles. The van der Waals surface area contributed by atoms with Crippen LogP contribution < -0.4 is 22.0 Å². The third-order valence-electron chi connectivity index (χ3n) is 2.70. The topological polar surface area (TPSA) is 90.1 Å². The van der Waals surface area contributed by atoms with Crippen molar-refractivity contribution in [1.29, 1.82) is 0 Å².